The van der Waals surface area contributed by atoms with Gasteiger partial charge in [-0.15, -0.1) is 0 Å². The second-order valence-corrected chi connectivity index (χ2v) is 5.78. The summed E-state index contributed by atoms with van der Waals surface area (Å²) < 4.78 is 0. The topological polar surface area (TPSA) is 87.7 Å². The third-order valence-corrected chi connectivity index (χ3v) is 4.47. The molecule has 1 fully saturated rings. The molecular formula is C16H23N3O2. The number of carbonyl (C=O) groups excluding carboxylic acids is 1. The van der Waals surface area contributed by atoms with E-state index < -0.39 is 5.41 Å². The highest BCUT2D eigenvalue weighted by Gasteiger charge is 2.48. The highest BCUT2D eigenvalue weighted by Crippen LogP contribution is 2.41. The highest BCUT2D eigenvalue weighted by atomic mass is 16.4. The molecule has 1 aliphatic carbocycles. The van der Waals surface area contributed by atoms with Crippen LogP contribution in [0.25, 0.3) is 0 Å². The van der Waals surface area contributed by atoms with E-state index in [9.17, 15) is 4.79 Å². The van der Waals surface area contributed by atoms with E-state index in [0.717, 1.165) is 12.8 Å². The summed E-state index contributed by atoms with van der Waals surface area (Å²) in [4.78, 5) is 12.3. The third kappa shape index (κ3) is 3.17. The van der Waals surface area contributed by atoms with Gasteiger partial charge in [0.2, 0.25) is 5.91 Å². The molecule has 0 spiro atoms. The average molecular weight is 289 g/mol. The van der Waals surface area contributed by atoms with Gasteiger partial charge >= 0.3 is 0 Å². The number of nitrogens with zero attached hydrogens (tertiary/aromatic N) is 1. The number of nitrogens with one attached hydrogen (secondary N) is 1. The number of benzene rings is 1. The maximum atomic E-state index is 12.3. The Morgan fingerprint density at radius 1 is 1.43 bits per heavy atom. The summed E-state index contributed by atoms with van der Waals surface area (Å²) in [5, 5.41) is 14.8. The van der Waals surface area contributed by atoms with Crippen LogP contribution >= 0.6 is 0 Å². The fraction of sp³-hybridized carbons (Fsp3) is 0.500. The lowest BCUT2D eigenvalue weighted by molar-refractivity contribution is -0.131. The van der Waals surface area contributed by atoms with Gasteiger partial charge in [-0.1, -0.05) is 48.8 Å². The normalized spacial score (nSPS) is 18.6. The minimum Gasteiger partial charge on any atom is -0.409 e. The molecule has 4 N–H and O–H groups in total. The molecule has 1 aromatic rings. The van der Waals surface area contributed by atoms with Gasteiger partial charge in [0.05, 0.1) is 0 Å². The summed E-state index contributed by atoms with van der Waals surface area (Å²) in [7, 11) is 0. The van der Waals surface area contributed by atoms with E-state index in [1.807, 2.05) is 18.2 Å². The van der Waals surface area contributed by atoms with Gasteiger partial charge in [-0.2, -0.15) is 0 Å². The summed E-state index contributed by atoms with van der Waals surface area (Å²) in [5.41, 5.74) is 6.15. The Kier molecular flexibility index (Phi) is 4.83. The molecule has 2 rings (SSSR count). The molecule has 21 heavy (non-hydrogen) atoms. The van der Waals surface area contributed by atoms with Crippen LogP contribution in [-0.2, 0) is 4.79 Å². The second-order valence-electron chi connectivity index (χ2n) is 5.78. The molecular weight excluding hydrogens is 266 g/mol. The molecule has 0 bridgehead atoms. The molecule has 1 saturated carbocycles. The molecule has 0 heterocycles. The molecule has 5 heteroatoms. The molecule has 5 nitrogen and oxygen atoms in total. The molecule has 114 valence electrons. The predicted octanol–water partition coefficient (Wildman–Crippen LogP) is 2.21. The smallest absolute Gasteiger partial charge is 0.233 e. The Morgan fingerprint density at radius 2 is 2.10 bits per heavy atom. The van der Waals surface area contributed by atoms with Crippen LogP contribution < -0.4 is 11.1 Å². The Labute approximate surface area is 125 Å². The Hall–Kier alpha value is -2.04. The summed E-state index contributed by atoms with van der Waals surface area (Å²) in [6.07, 6.45) is 3.11. The molecule has 0 saturated heterocycles. The first kappa shape index (κ1) is 15.4. The van der Waals surface area contributed by atoms with Gasteiger partial charge < -0.3 is 16.3 Å². The second kappa shape index (κ2) is 6.61. The van der Waals surface area contributed by atoms with E-state index in [0.29, 0.717) is 25.3 Å². The van der Waals surface area contributed by atoms with Gasteiger partial charge in [0.1, 0.15) is 5.41 Å². The summed E-state index contributed by atoms with van der Waals surface area (Å²) in [5.74, 6) is 0.291. The predicted molar refractivity (Wildman–Crippen MR) is 82.2 cm³/mol. The van der Waals surface area contributed by atoms with Gasteiger partial charge in [-0.05, 0) is 30.7 Å². The summed E-state index contributed by atoms with van der Waals surface area (Å²) in [6.45, 7) is 2.74. The van der Waals surface area contributed by atoms with Crippen LogP contribution in [-0.4, -0.2) is 23.5 Å². The molecule has 1 amide bonds. The highest BCUT2D eigenvalue weighted by molar-refractivity contribution is 6.07. The number of rotatable bonds is 6. The van der Waals surface area contributed by atoms with Crippen LogP contribution in [0.2, 0.25) is 0 Å². The van der Waals surface area contributed by atoms with Gasteiger partial charge in [0, 0.05) is 6.54 Å². The van der Waals surface area contributed by atoms with Crippen molar-refractivity contribution in [1.29, 1.82) is 0 Å². The number of carbonyl (C=O) groups is 1. The van der Waals surface area contributed by atoms with Crippen LogP contribution in [0.1, 0.15) is 44.1 Å². The Morgan fingerprint density at radius 3 is 2.62 bits per heavy atom. The zero-order valence-corrected chi connectivity index (χ0v) is 12.4. The maximum Gasteiger partial charge on any atom is 0.233 e. The van der Waals surface area contributed by atoms with Gasteiger partial charge in [0.15, 0.2) is 5.84 Å². The standard InChI is InChI=1S/C16H23N3O2/c1-12(13-6-3-2-4-7-13)8-11-18-15(20)16(9-5-10-16)14(17)19-21/h2-4,6-7,12,21H,5,8-11H2,1H3,(H2,17,19)(H,18,20). The minimum absolute atomic E-state index is 0.0300. The van der Waals surface area contributed by atoms with E-state index >= 15 is 0 Å². The Balaban J connectivity index is 1.85. The summed E-state index contributed by atoms with van der Waals surface area (Å²) >= 11 is 0. The molecule has 1 unspecified atom stereocenters. The van der Waals surface area contributed by atoms with Gasteiger partial charge in [-0.3, -0.25) is 4.79 Å². The lowest BCUT2D eigenvalue weighted by atomic mass is 9.67. The molecule has 1 aliphatic rings. The van der Waals surface area contributed by atoms with Crippen molar-refractivity contribution in [3.05, 3.63) is 35.9 Å². The number of oxime groups is 1. The molecule has 0 aliphatic heterocycles. The van der Waals surface area contributed by atoms with Crippen molar-refractivity contribution < 1.29 is 10.0 Å². The minimum atomic E-state index is -0.787. The number of nitrogens with two attached hydrogens (primary N) is 1. The van der Waals surface area contributed by atoms with Gasteiger partial charge in [0.25, 0.3) is 0 Å². The maximum absolute atomic E-state index is 12.3. The largest absolute Gasteiger partial charge is 0.409 e. The first-order chi connectivity index (χ1) is 10.1. The van der Waals surface area contributed by atoms with Crippen LogP contribution in [0, 0.1) is 5.41 Å². The quantitative estimate of drug-likeness (QED) is 0.325. The first-order valence-corrected chi connectivity index (χ1v) is 7.41. The Bertz CT molecular complexity index is 510. The van der Waals surface area contributed by atoms with Crippen LogP contribution in [0.15, 0.2) is 35.5 Å². The van der Waals surface area contributed by atoms with Crippen molar-refractivity contribution in [3.63, 3.8) is 0 Å². The van der Waals surface area contributed by atoms with Crippen molar-refractivity contribution in [2.45, 2.75) is 38.5 Å². The van der Waals surface area contributed by atoms with Crippen LogP contribution in [0.5, 0.6) is 0 Å². The van der Waals surface area contributed by atoms with Crippen LogP contribution in [0.4, 0.5) is 0 Å². The van der Waals surface area contributed by atoms with Crippen molar-refractivity contribution in [2.75, 3.05) is 6.54 Å². The zero-order valence-electron chi connectivity index (χ0n) is 12.4. The van der Waals surface area contributed by atoms with E-state index in [2.05, 4.69) is 29.5 Å². The van der Waals surface area contributed by atoms with Crippen molar-refractivity contribution in [1.82, 2.24) is 5.32 Å². The summed E-state index contributed by atoms with van der Waals surface area (Å²) in [6, 6.07) is 10.2. The first-order valence-electron chi connectivity index (χ1n) is 7.41. The molecule has 0 aromatic heterocycles. The molecule has 0 radical (unpaired) electrons. The number of hydrogen-bond donors (Lipinski definition) is 3. The third-order valence-electron chi connectivity index (χ3n) is 4.47. The molecule has 1 atom stereocenters. The van der Waals surface area contributed by atoms with E-state index in [1.165, 1.54) is 5.56 Å². The number of amidine groups is 1. The number of amides is 1. The van der Waals surface area contributed by atoms with Gasteiger partial charge in [-0.25, -0.2) is 0 Å². The van der Waals surface area contributed by atoms with Crippen molar-refractivity contribution >= 4 is 11.7 Å². The van der Waals surface area contributed by atoms with Crippen molar-refractivity contribution in [3.8, 4) is 0 Å². The van der Waals surface area contributed by atoms with Crippen molar-refractivity contribution in [2.24, 2.45) is 16.3 Å². The molecule has 1 aromatic carbocycles. The SMILES string of the molecule is CC(CCNC(=O)C1(/C(N)=N/O)CCC1)c1ccccc1. The number of hydrogen-bond acceptors (Lipinski definition) is 3. The zero-order chi connectivity index (χ0) is 15.3. The lowest BCUT2D eigenvalue weighted by Gasteiger charge is -2.38. The van der Waals surface area contributed by atoms with E-state index in [1.54, 1.807) is 0 Å². The fourth-order valence-corrected chi connectivity index (χ4v) is 2.75. The monoisotopic (exact) mass is 289 g/mol. The fourth-order valence-electron chi connectivity index (χ4n) is 2.75. The lowest BCUT2D eigenvalue weighted by Crippen LogP contribution is -2.54. The van der Waals surface area contributed by atoms with Crippen LogP contribution in [0.3, 0.4) is 0 Å². The average Bonchev–Trinajstić information content (AvgIpc) is 2.46. The van der Waals surface area contributed by atoms with E-state index in [-0.39, 0.29) is 11.7 Å². The van der Waals surface area contributed by atoms with E-state index in [4.69, 9.17) is 10.9 Å².